The number of fused-ring (bicyclic) bond motifs is 3. The smallest absolute Gasteiger partial charge is 0.0862 e. The van der Waals surface area contributed by atoms with Gasteiger partial charge in [0.15, 0.2) is 0 Å². The number of hydrogen-bond donors (Lipinski definition) is 4. The highest BCUT2D eigenvalue weighted by Crippen LogP contribution is 2.33. The van der Waals surface area contributed by atoms with Crippen molar-refractivity contribution in [2.24, 2.45) is 11.3 Å². The van der Waals surface area contributed by atoms with Crippen molar-refractivity contribution < 1.29 is 0 Å². The summed E-state index contributed by atoms with van der Waals surface area (Å²) in [4.78, 5) is 5.52. The van der Waals surface area contributed by atoms with Gasteiger partial charge in [-0.3, -0.25) is 15.6 Å². The van der Waals surface area contributed by atoms with Crippen molar-refractivity contribution >= 4 is 0 Å². The Morgan fingerprint density at radius 1 is 1.13 bits per heavy atom. The molecule has 4 rings (SSSR count). The van der Waals surface area contributed by atoms with Gasteiger partial charge in [0.2, 0.25) is 0 Å². The summed E-state index contributed by atoms with van der Waals surface area (Å²) < 4.78 is 0. The Hall–Kier alpha value is -0.240. The molecule has 0 amide bonds. The van der Waals surface area contributed by atoms with Crippen molar-refractivity contribution in [3.63, 3.8) is 0 Å². The fraction of sp³-hybridized carbons (Fsp3) is 1.00. The Balaban J connectivity index is 1.36. The van der Waals surface area contributed by atoms with Crippen molar-refractivity contribution in [1.82, 2.24) is 31.3 Å². The van der Waals surface area contributed by atoms with Crippen LogP contribution in [0.3, 0.4) is 0 Å². The Morgan fingerprint density at radius 3 is 2.91 bits per heavy atom. The lowest BCUT2D eigenvalue weighted by atomic mass is 9.74. The molecular weight excluding hydrogens is 288 g/mol. The molecule has 4 heterocycles. The van der Waals surface area contributed by atoms with Crippen molar-refractivity contribution in [2.45, 2.75) is 44.9 Å². The largest absolute Gasteiger partial charge is 0.316 e. The van der Waals surface area contributed by atoms with Gasteiger partial charge >= 0.3 is 0 Å². The molecule has 6 nitrogen and oxygen atoms in total. The molecule has 0 aromatic rings. The highest BCUT2D eigenvalue weighted by atomic mass is 15.5. The van der Waals surface area contributed by atoms with Gasteiger partial charge in [-0.2, -0.15) is 0 Å². The predicted molar refractivity (Wildman–Crippen MR) is 93.0 cm³/mol. The first kappa shape index (κ1) is 16.2. The number of nitrogens with one attached hydrogen (secondary N) is 4. The zero-order chi connectivity index (χ0) is 15.9. The van der Waals surface area contributed by atoms with Crippen molar-refractivity contribution in [3.8, 4) is 0 Å². The van der Waals surface area contributed by atoms with Crippen LogP contribution < -0.4 is 21.5 Å². The van der Waals surface area contributed by atoms with Crippen LogP contribution in [0.5, 0.6) is 0 Å². The molecule has 4 aliphatic rings. The van der Waals surface area contributed by atoms with Crippen molar-refractivity contribution in [2.75, 3.05) is 52.4 Å². The molecule has 4 aliphatic heterocycles. The van der Waals surface area contributed by atoms with Crippen LogP contribution in [0, 0.1) is 11.3 Å². The summed E-state index contributed by atoms with van der Waals surface area (Å²) in [6, 6.07) is 1.35. The quantitative estimate of drug-likeness (QED) is 0.545. The van der Waals surface area contributed by atoms with E-state index in [0.29, 0.717) is 23.7 Å². The molecule has 3 unspecified atom stereocenters. The summed E-state index contributed by atoms with van der Waals surface area (Å²) in [5.74, 6) is 0.833. The Bertz CT molecular complexity index is 414. The molecule has 23 heavy (non-hydrogen) atoms. The van der Waals surface area contributed by atoms with E-state index < -0.39 is 0 Å². The maximum Gasteiger partial charge on any atom is 0.0862 e. The average Bonchev–Trinajstić information content (AvgIpc) is 2.56. The summed E-state index contributed by atoms with van der Waals surface area (Å²) in [5.41, 5.74) is 7.15. The van der Waals surface area contributed by atoms with Gasteiger partial charge in [0.25, 0.3) is 0 Å². The summed E-state index contributed by atoms with van der Waals surface area (Å²) in [7, 11) is 0. The van der Waals surface area contributed by atoms with Crippen LogP contribution in [0.1, 0.15) is 26.7 Å². The van der Waals surface area contributed by atoms with Gasteiger partial charge in [0, 0.05) is 57.9 Å². The van der Waals surface area contributed by atoms with Gasteiger partial charge in [-0.05, 0) is 30.7 Å². The van der Waals surface area contributed by atoms with Gasteiger partial charge in [0.05, 0.1) is 6.17 Å². The molecule has 0 radical (unpaired) electrons. The maximum atomic E-state index is 3.71. The third-order valence-corrected chi connectivity index (χ3v) is 6.65. The summed E-state index contributed by atoms with van der Waals surface area (Å²) in [6.07, 6.45) is 3.01. The molecule has 4 fully saturated rings. The second-order valence-electron chi connectivity index (χ2n) is 8.62. The van der Waals surface area contributed by atoms with Gasteiger partial charge < -0.3 is 10.2 Å². The normalized spacial score (nSPS) is 42.0. The zero-order valence-corrected chi connectivity index (χ0v) is 14.8. The molecule has 0 aliphatic carbocycles. The Morgan fingerprint density at radius 2 is 2.04 bits per heavy atom. The first-order chi connectivity index (χ1) is 11.1. The minimum absolute atomic E-state index is 0.426. The van der Waals surface area contributed by atoms with E-state index in [1.807, 2.05) is 0 Å². The summed E-state index contributed by atoms with van der Waals surface area (Å²) >= 11 is 0. The predicted octanol–water partition coefficient (Wildman–Crippen LogP) is -0.596. The SMILES string of the molecule is CC1(C)CNCCC1CN1CCN2C3CCNNC3NC[C@H]2C1. The number of hydrogen-bond acceptors (Lipinski definition) is 6. The molecule has 6 heteroatoms. The number of rotatable bonds is 2. The monoisotopic (exact) mass is 322 g/mol. The fourth-order valence-corrected chi connectivity index (χ4v) is 5.06. The second-order valence-corrected chi connectivity index (χ2v) is 8.62. The summed E-state index contributed by atoms with van der Waals surface area (Å²) in [6.45, 7) is 14.4. The molecule has 0 saturated carbocycles. The van der Waals surface area contributed by atoms with Crippen LogP contribution in [0.25, 0.3) is 0 Å². The third-order valence-electron chi connectivity index (χ3n) is 6.65. The molecule has 132 valence electrons. The second kappa shape index (κ2) is 6.58. The minimum Gasteiger partial charge on any atom is -0.316 e. The molecule has 0 aromatic carbocycles. The van der Waals surface area contributed by atoms with Crippen LogP contribution in [0.4, 0.5) is 0 Å². The van der Waals surface area contributed by atoms with Gasteiger partial charge in [-0.1, -0.05) is 13.8 Å². The van der Waals surface area contributed by atoms with E-state index in [9.17, 15) is 0 Å². The summed E-state index contributed by atoms with van der Waals surface area (Å²) in [5, 5.41) is 7.28. The lowest BCUT2D eigenvalue weighted by Crippen LogP contribution is -2.75. The van der Waals surface area contributed by atoms with E-state index >= 15 is 0 Å². The van der Waals surface area contributed by atoms with E-state index in [1.54, 1.807) is 0 Å². The van der Waals surface area contributed by atoms with E-state index in [1.165, 1.54) is 52.1 Å². The third kappa shape index (κ3) is 3.30. The standard InChI is InChI=1S/C17H34N6/c1-17(2)12-18-5-3-13(17)10-22-7-8-23-14(11-22)9-19-16-15(23)4-6-20-21-16/h13-16,18-21H,3-12H2,1-2H3/t13?,14-,15?,16?/m0/s1. The van der Waals surface area contributed by atoms with E-state index in [2.05, 4.69) is 45.1 Å². The van der Waals surface area contributed by atoms with Gasteiger partial charge in [0.1, 0.15) is 0 Å². The molecular formula is C17H34N6. The molecule has 0 bridgehead atoms. The Kier molecular flexibility index (Phi) is 4.64. The highest BCUT2D eigenvalue weighted by Gasteiger charge is 2.42. The van der Waals surface area contributed by atoms with E-state index in [4.69, 9.17) is 0 Å². The number of piperazine rings is 2. The van der Waals surface area contributed by atoms with Crippen molar-refractivity contribution in [1.29, 1.82) is 0 Å². The first-order valence-corrected chi connectivity index (χ1v) is 9.54. The fourth-order valence-electron chi connectivity index (χ4n) is 5.06. The van der Waals surface area contributed by atoms with E-state index in [-0.39, 0.29) is 0 Å². The van der Waals surface area contributed by atoms with Crippen molar-refractivity contribution in [3.05, 3.63) is 0 Å². The minimum atomic E-state index is 0.426. The molecule has 4 saturated heterocycles. The van der Waals surface area contributed by atoms with Gasteiger partial charge in [-0.15, -0.1) is 0 Å². The zero-order valence-electron chi connectivity index (χ0n) is 14.8. The number of hydrazine groups is 1. The highest BCUT2D eigenvalue weighted by molar-refractivity contribution is 4.99. The van der Waals surface area contributed by atoms with Crippen LogP contribution in [-0.4, -0.2) is 80.4 Å². The lowest BCUT2D eigenvalue weighted by molar-refractivity contribution is -0.0332. The topological polar surface area (TPSA) is 54.6 Å². The van der Waals surface area contributed by atoms with Crippen LogP contribution >= 0.6 is 0 Å². The molecule has 0 aromatic heterocycles. The molecule has 4 N–H and O–H groups in total. The molecule has 4 atom stereocenters. The maximum absolute atomic E-state index is 3.71. The first-order valence-electron chi connectivity index (χ1n) is 9.54. The molecule has 0 spiro atoms. The van der Waals surface area contributed by atoms with Crippen LogP contribution in [0.15, 0.2) is 0 Å². The average molecular weight is 323 g/mol. The van der Waals surface area contributed by atoms with Crippen LogP contribution in [-0.2, 0) is 0 Å². The van der Waals surface area contributed by atoms with Gasteiger partial charge in [-0.25, -0.2) is 5.43 Å². The lowest BCUT2D eigenvalue weighted by Gasteiger charge is -2.54. The van der Waals surface area contributed by atoms with E-state index in [0.717, 1.165) is 19.0 Å². The number of nitrogens with zero attached hydrogens (tertiary/aromatic N) is 2. The Labute approximate surface area is 140 Å². The number of piperidine rings is 1. The van der Waals surface area contributed by atoms with Crippen LogP contribution in [0.2, 0.25) is 0 Å².